The fourth-order valence-electron chi connectivity index (χ4n) is 3.00. The van der Waals surface area contributed by atoms with Crippen molar-refractivity contribution in [3.63, 3.8) is 0 Å². The normalized spacial score (nSPS) is 17.6. The van der Waals surface area contributed by atoms with Gasteiger partial charge in [-0.25, -0.2) is 0 Å². The van der Waals surface area contributed by atoms with Crippen LogP contribution in [0.3, 0.4) is 0 Å². The van der Waals surface area contributed by atoms with Crippen LogP contribution in [0.4, 0.5) is 0 Å². The average Bonchev–Trinajstić information content (AvgIpc) is 3.04. The molecular weight excluding hydrogens is 278 g/mol. The Morgan fingerprint density at radius 1 is 1.23 bits per heavy atom. The molecule has 0 aliphatic carbocycles. The SMILES string of the molecule is O=C(CCn1ccccc1=O)N1CCCC1c1ccncc1. The standard InChI is InChI=1S/C17H19N3O2/c21-16-5-1-2-11-19(16)13-8-17(22)20-12-3-4-15(20)14-6-9-18-10-7-14/h1-2,5-7,9-11,15H,3-4,8,12-13H2. The van der Waals surface area contributed by atoms with Crippen LogP contribution >= 0.6 is 0 Å². The van der Waals surface area contributed by atoms with E-state index in [2.05, 4.69) is 4.98 Å². The van der Waals surface area contributed by atoms with E-state index in [9.17, 15) is 9.59 Å². The molecule has 22 heavy (non-hydrogen) atoms. The first-order chi connectivity index (χ1) is 10.8. The molecule has 114 valence electrons. The van der Waals surface area contributed by atoms with Gasteiger partial charge in [0.2, 0.25) is 5.91 Å². The monoisotopic (exact) mass is 297 g/mol. The molecule has 1 atom stereocenters. The maximum Gasteiger partial charge on any atom is 0.250 e. The minimum atomic E-state index is -0.0672. The predicted octanol–water partition coefficient (Wildman–Crippen LogP) is 2.00. The maximum atomic E-state index is 12.5. The van der Waals surface area contributed by atoms with Gasteiger partial charge in [0, 0.05) is 44.2 Å². The number of carbonyl (C=O) groups excluding carboxylic acids is 1. The van der Waals surface area contributed by atoms with Gasteiger partial charge in [-0.15, -0.1) is 0 Å². The Morgan fingerprint density at radius 2 is 2.05 bits per heavy atom. The quantitative estimate of drug-likeness (QED) is 0.867. The van der Waals surface area contributed by atoms with Crippen LogP contribution in [0.1, 0.15) is 30.9 Å². The van der Waals surface area contributed by atoms with Crippen LogP contribution < -0.4 is 5.56 Å². The molecule has 0 spiro atoms. The molecule has 0 aromatic carbocycles. The third kappa shape index (κ3) is 3.08. The number of aryl methyl sites for hydroxylation is 1. The van der Waals surface area contributed by atoms with Gasteiger partial charge in [0.15, 0.2) is 0 Å². The summed E-state index contributed by atoms with van der Waals surface area (Å²) in [5.74, 6) is 0.107. The van der Waals surface area contributed by atoms with Crippen LogP contribution in [0, 0.1) is 0 Å². The Bertz CT molecular complexity index is 696. The van der Waals surface area contributed by atoms with E-state index in [1.807, 2.05) is 23.1 Å². The first-order valence-electron chi connectivity index (χ1n) is 7.60. The molecule has 1 saturated heterocycles. The Morgan fingerprint density at radius 3 is 2.82 bits per heavy atom. The van der Waals surface area contributed by atoms with Gasteiger partial charge in [0.25, 0.3) is 5.56 Å². The molecule has 0 radical (unpaired) electrons. The van der Waals surface area contributed by atoms with Crippen LogP contribution in [0.5, 0.6) is 0 Å². The van der Waals surface area contributed by atoms with Crippen molar-refractivity contribution < 1.29 is 4.79 Å². The molecule has 2 aromatic heterocycles. The van der Waals surface area contributed by atoms with Crippen molar-refractivity contribution in [3.8, 4) is 0 Å². The van der Waals surface area contributed by atoms with Crippen LogP contribution in [0.25, 0.3) is 0 Å². The van der Waals surface area contributed by atoms with Gasteiger partial charge in [-0.05, 0) is 36.6 Å². The molecule has 0 saturated carbocycles. The predicted molar refractivity (Wildman–Crippen MR) is 83.2 cm³/mol. The van der Waals surface area contributed by atoms with E-state index in [4.69, 9.17) is 0 Å². The number of hydrogen-bond donors (Lipinski definition) is 0. The van der Waals surface area contributed by atoms with E-state index in [0.29, 0.717) is 13.0 Å². The van der Waals surface area contributed by atoms with Crippen molar-refractivity contribution in [2.24, 2.45) is 0 Å². The molecule has 0 bridgehead atoms. The lowest BCUT2D eigenvalue weighted by molar-refractivity contribution is -0.132. The first-order valence-corrected chi connectivity index (χ1v) is 7.60. The lowest BCUT2D eigenvalue weighted by Gasteiger charge is -2.25. The number of amides is 1. The zero-order valence-electron chi connectivity index (χ0n) is 12.4. The highest BCUT2D eigenvalue weighted by molar-refractivity contribution is 5.77. The molecule has 5 nitrogen and oxygen atoms in total. The molecule has 3 rings (SSSR count). The fraction of sp³-hybridized carbons (Fsp3) is 0.353. The molecule has 1 unspecified atom stereocenters. The van der Waals surface area contributed by atoms with Gasteiger partial charge >= 0.3 is 0 Å². The molecule has 2 aromatic rings. The number of aromatic nitrogens is 2. The molecule has 1 aliphatic heterocycles. The van der Waals surface area contributed by atoms with Gasteiger partial charge < -0.3 is 9.47 Å². The van der Waals surface area contributed by atoms with E-state index in [1.165, 1.54) is 6.07 Å². The molecular formula is C17H19N3O2. The molecule has 0 N–H and O–H groups in total. The third-order valence-electron chi connectivity index (χ3n) is 4.13. The summed E-state index contributed by atoms with van der Waals surface area (Å²) >= 11 is 0. The second kappa shape index (κ2) is 6.56. The summed E-state index contributed by atoms with van der Waals surface area (Å²) in [4.78, 5) is 30.1. The fourth-order valence-corrected chi connectivity index (χ4v) is 3.00. The van der Waals surface area contributed by atoms with Crippen LogP contribution in [0.2, 0.25) is 0 Å². The van der Waals surface area contributed by atoms with E-state index in [1.54, 1.807) is 29.2 Å². The molecule has 1 aliphatic rings. The van der Waals surface area contributed by atoms with Crippen molar-refractivity contribution in [2.75, 3.05) is 6.54 Å². The van der Waals surface area contributed by atoms with Crippen molar-refractivity contribution >= 4 is 5.91 Å². The summed E-state index contributed by atoms with van der Waals surface area (Å²) in [6, 6.07) is 9.11. The zero-order chi connectivity index (χ0) is 15.4. The summed E-state index contributed by atoms with van der Waals surface area (Å²) in [5.41, 5.74) is 1.07. The van der Waals surface area contributed by atoms with E-state index < -0.39 is 0 Å². The van der Waals surface area contributed by atoms with Gasteiger partial charge in [-0.2, -0.15) is 0 Å². The number of nitrogens with zero attached hydrogens (tertiary/aromatic N) is 3. The summed E-state index contributed by atoms with van der Waals surface area (Å²) in [6.45, 7) is 1.22. The smallest absolute Gasteiger partial charge is 0.250 e. The Hall–Kier alpha value is -2.43. The number of hydrogen-bond acceptors (Lipinski definition) is 3. The molecule has 5 heteroatoms. The largest absolute Gasteiger partial charge is 0.336 e. The van der Waals surface area contributed by atoms with Crippen molar-refractivity contribution in [2.45, 2.75) is 31.8 Å². The van der Waals surface area contributed by atoms with Gasteiger partial charge in [-0.1, -0.05) is 6.07 Å². The van der Waals surface area contributed by atoms with Crippen molar-refractivity contribution in [1.82, 2.24) is 14.5 Å². The Labute approximate surface area is 129 Å². The number of rotatable bonds is 4. The lowest BCUT2D eigenvalue weighted by atomic mass is 10.1. The summed E-state index contributed by atoms with van der Waals surface area (Å²) < 4.78 is 1.58. The summed E-state index contributed by atoms with van der Waals surface area (Å²) in [7, 11) is 0. The first kappa shape index (κ1) is 14.5. The average molecular weight is 297 g/mol. The highest BCUT2D eigenvalue weighted by atomic mass is 16.2. The summed E-state index contributed by atoms with van der Waals surface area (Å²) in [6.07, 6.45) is 7.61. The van der Waals surface area contributed by atoms with Crippen molar-refractivity contribution in [1.29, 1.82) is 0 Å². The van der Waals surface area contributed by atoms with Gasteiger partial charge in [-0.3, -0.25) is 14.6 Å². The minimum Gasteiger partial charge on any atom is -0.336 e. The maximum absolute atomic E-state index is 12.5. The lowest BCUT2D eigenvalue weighted by Crippen LogP contribution is -2.32. The highest BCUT2D eigenvalue weighted by Gasteiger charge is 2.29. The number of likely N-dealkylation sites (tertiary alicyclic amines) is 1. The molecule has 1 amide bonds. The molecule has 3 heterocycles. The zero-order valence-corrected chi connectivity index (χ0v) is 12.4. The van der Waals surface area contributed by atoms with E-state index in [-0.39, 0.29) is 17.5 Å². The Balaban J connectivity index is 1.67. The third-order valence-corrected chi connectivity index (χ3v) is 4.13. The van der Waals surface area contributed by atoms with Crippen LogP contribution in [0.15, 0.2) is 53.7 Å². The van der Waals surface area contributed by atoms with E-state index in [0.717, 1.165) is 24.9 Å². The van der Waals surface area contributed by atoms with Gasteiger partial charge in [0.05, 0.1) is 6.04 Å². The van der Waals surface area contributed by atoms with Crippen LogP contribution in [-0.4, -0.2) is 26.9 Å². The second-order valence-electron chi connectivity index (χ2n) is 5.51. The summed E-state index contributed by atoms with van der Waals surface area (Å²) in [5, 5.41) is 0. The highest BCUT2D eigenvalue weighted by Crippen LogP contribution is 2.31. The van der Waals surface area contributed by atoms with Gasteiger partial charge in [0.1, 0.15) is 0 Å². The topological polar surface area (TPSA) is 55.2 Å². The van der Waals surface area contributed by atoms with Crippen molar-refractivity contribution in [3.05, 3.63) is 64.8 Å². The van der Waals surface area contributed by atoms with E-state index >= 15 is 0 Å². The van der Waals surface area contributed by atoms with Crippen LogP contribution in [-0.2, 0) is 11.3 Å². The molecule has 1 fully saturated rings. The number of carbonyl (C=O) groups is 1. The second-order valence-corrected chi connectivity index (χ2v) is 5.51. The Kier molecular flexibility index (Phi) is 4.32. The minimum absolute atomic E-state index is 0.0672. The number of pyridine rings is 2.